The van der Waals surface area contributed by atoms with Gasteiger partial charge in [0.25, 0.3) is 0 Å². The summed E-state index contributed by atoms with van der Waals surface area (Å²) >= 11 is 0. The van der Waals surface area contributed by atoms with Crippen LogP contribution in [0.2, 0.25) is 0 Å². The van der Waals surface area contributed by atoms with Crippen LogP contribution in [0.4, 0.5) is 14.5 Å². The van der Waals surface area contributed by atoms with Gasteiger partial charge in [0.05, 0.1) is 0 Å². The van der Waals surface area contributed by atoms with E-state index < -0.39 is 11.6 Å². The Bertz CT molecular complexity index is 914. The van der Waals surface area contributed by atoms with Crippen LogP contribution < -0.4 is 10.2 Å². The summed E-state index contributed by atoms with van der Waals surface area (Å²) in [6.45, 7) is 5.87. The molecule has 2 aromatic carbocycles. The second-order valence-corrected chi connectivity index (χ2v) is 7.73. The van der Waals surface area contributed by atoms with E-state index in [1.807, 2.05) is 30.9 Å². The summed E-state index contributed by atoms with van der Waals surface area (Å²) < 4.78 is 26.5. The third kappa shape index (κ3) is 5.40. The monoisotopic (exact) mass is 400 g/mol. The van der Waals surface area contributed by atoms with Crippen LogP contribution >= 0.6 is 0 Å². The van der Waals surface area contributed by atoms with E-state index in [1.54, 1.807) is 12.1 Å². The van der Waals surface area contributed by atoms with E-state index in [0.29, 0.717) is 24.3 Å². The molecule has 1 unspecified atom stereocenters. The number of benzene rings is 2. The van der Waals surface area contributed by atoms with Crippen LogP contribution in [0.1, 0.15) is 40.7 Å². The molecule has 3 rings (SSSR count). The molecule has 0 aromatic heterocycles. The Labute approximate surface area is 169 Å². The van der Waals surface area contributed by atoms with Gasteiger partial charge in [-0.25, -0.2) is 8.78 Å². The lowest BCUT2D eigenvalue weighted by atomic mass is 10.0. The molecule has 1 saturated heterocycles. The van der Waals surface area contributed by atoms with Crippen LogP contribution in [0.5, 0.6) is 0 Å². The van der Waals surface area contributed by atoms with Crippen LogP contribution in [0.25, 0.3) is 0 Å². The Hall–Kier alpha value is -2.76. The number of carbonyl (C=O) groups is 2. The zero-order valence-corrected chi connectivity index (χ0v) is 16.8. The van der Waals surface area contributed by atoms with Gasteiger partial charge in [0.2, 0.25) is 5.91 Å². The van der Waals surface area contributed by atoms with Gasteiger partial charge in [-0.05, 0) is 55.5 Å². The van der Waals surface area contributed by atoms with Crippen molar-refractivity contribution in [2.75, 3.05) is 24.5 Å². The highest BCUT2D eigenvalue weighted by Gasteiger charge is 2.24. The molecule has 6 heteroatoms. The fourth-order valence-corrected chi connectivity index (χ4v) is 3.55. The lowest BCUT2D eigenvalue weighted by molar-refractivity contribution is -0.121. The number of halogens is 2. The van der Waals surface area contributed by atoms with Crippen molar-refractivity contribution in [3.8, 4) is 0 Å². The lowest BCUT2D eigenvalue weighted by Gasteiger charge is -2.19. The number of anilines is 1. The van der Waals surface area contributed by atoms with Gasteiger partial charge in [0.15, 0.2) is 17.4 Å². The van der Waals surface area contributed by atoms with E-state index in [2.05, 4.69) is 5.32 Å². The van der Waals surface area contributed by atoms with Gasteiger partial charge in [-0.1, -0.05) is 12.1 Å². The molecule has 29 heavy (non-hydrogen) atoms. The summed E-state index contributed by atoms with van der Waals surface area (Å²) in [5, 5.41) is 2.89. The maximum Gasteiger partial charge on any atom is 0.220 e. The number of amides is 1. The molecule has 0 aliphatic carbocycles. The molecule has 0 saturated carbocycles. The van der Waals surface area contributed by atoms with Gasteiger partial charge in [-0.2, -0.15) is 0 Å². The molecular formula is C23H26F2N2O2. The fourth-order valence-electron chi connectivity index (χ4n) is 3.55. The molecule has 1 fully saturated rings. The molecular weight excluding hydrogens is 374 g/mol. The third-order valence-electron chi connectivity index (χ3n) is 5.55. The van der Waals surface area contributed by atoms with Gasteiger partial charge in [-0.3, -0.25) is 9.59 Å². The summed E-state index contributed by atoms with van der Waals surface area (Å²) in [6.07, 6.45) is 1.20. The topological polar surface area (TPSA) is 49.4 Å². The smallest absolute Gasteiger partial charge is 0.220 e. The number of hydrogen-bond acceptors (Lipinski definition) is 3. The third-order valence-corrected chi connectivity index (χ3v) is 5.55. The summed E-state index contributed by atoms with van der Waals surface area (Å²) in [5.74, 6) is -1.65. The number of carbonyl (C=O) groups excluding carboxylic acids is 2. The van der Waals surface area contributed by atoms with Crippen molar-refractivity contribution in [3.63, 3.8) is 0 Å². The predicted molar refractivity (Wildman–Crippen MR) is 109 cm³/mol. The molecule has 4 nitrogen and oxygen atoms in total. The highest BCUT2D eigenvalue weighted by atomic mass is 19.2. The number of aryl methyl sites for hydroxylation is 2. The van der Waals surface area contributed by atoms with Gasteiger partial charge < -0.3 is 10.2 Å². The molecule has 0 radical (unpaired) electrons. The maximum atomic E-state index is 13.4. The van der Waals surface area contributed by atoms with Crippen molar-refractivity contribution in [1.29, 1.82) is 0 Å². The maximum absolute atomic E-state index is 13.4. The van der Waals surface area contributed by atoms with Crippen molar-refractivity contribution in [2.24, 2.45) is 5.92 Å². The number of hydrogen-bond donors (Lipinski definition) is 1. The van der Waals surface area contributed by atoms with Gasteiger partial charge >= 0.3 is 0 Å². The van der Waals surface area contributed by atoms with Gasteiger partial charge in [0.1, 0.15) is 0 Å². The van der Waals surface area contributed by atoms with Crippen molar-refractivity contribution in [1.82, 2.24) is 5.32 Å². The Balaban J connectivity index is 1.42. The zero-order chi connectivity index (χ0) is 21.0. The SMILES string of the molecule is Cc1ccc(C(=O)CCC(=O)NCC2CCN(c3ccc(F)c(F)c3)C2)cc1C. The summed E-state index contributed by atoms with van der Waals surface area (Å²) in [5.41, 5.74) is 3.48. The van der Waals surface area contributed by atoms with Crippen molar-refractivity contribution >= 4 is 17.4 Å². The average Bonchev–Trinajstić information content (AvgIpc) is 3.17. The van der Waals surface area contributed by atoms with Crippen LogP contribution in [0.15, 0.2) is 36.4 Å². The molecule has 1 atom stereocenters. The normalized spacial score (nSPS) is 16.1. The zero-order valence-electron chi connectivity index (χ0n) is 16.8. The standard InChI is InChI=1S/C23H26F2N2O2/c1-15-3-4-18(11-16(15)2)22(28)7-8-23(29)26-13-17-9-10-27(14-17)19-5-6-20(24)21(25)12-19/h3-6,11-12,17H,7-10,13-14H2,1-2H3,(H,26,29). The van der Waals surface area contributed by atoms with Crippen LogP contribution in [-0.2, 0) is 4.79 Å². The lowest BCUT2D eigenvalue weighted by Crippen LogP contribution is -2.31. The van der Waals surface area contributed by atoms with Gasteiger partial charge in [-0.15, -0.1) is 0 Å². The van der Waals surface area contributed by atoms with E-state index in [9.17, 15) is 18.4 Å². The first-order chi connectivity index (χ1) is 13.8. The first-order valence-corrected chi connectivity index (χ1v) is 9.90. The number of nitrogens with one attached hydrogen (secondary N) is 1. The molecule has 1 amide bonds. The number of Topliss-reactive ketones (excluding diaryl/α,β-unsaturated/α-hetero) is 1. The minimum Gasteiger partial charge on any atom is -0.371 e. The Kier molecular flexibility index (Phi) is 6.62. The minimum atomic E-state index is -0.855. The molecule has 1 N–H and O–H groups in total. The van der Waals surface area contributed by atoms with Crippen molar-refractivity contribution in [3.05, 3.63) is 64.7 Å². The Morgan fingerprint density at radius 1 is 1.03 bits per heavy atom. The van der Waals surface area contributed by atoms with Crippen molar-refractivity contribution in [2.45, 2.75) is 33.1 Å². The highest BCUT2D eigenvalue weighted by Crippen LogP contribution is 2.25. The van der Waals surface area contributed by atoms with E-state index in [0.717, 1.165) is 30.2 Å². The second kappa shape index (κ2) is 9.16. The van der Waals surface area contributed by atoms with E-state index >= 15 is 0 Å². The van der Waals surface area contributed by atoms with E-state index in [-0.39, 0.29) is 30.4 Å². The number of rotatable bonds is 7. The number of nitrogens with zero attached hydrogens (tertiary/aromatic N) is 1. The second-order valence-electron chi connectivity index (χ2n) is 7.73. The molecule has 154 valence electrons. The summed E-state index contributed by atoms with van der Waals surface area (Å²) in [4.78, 5) is 26.4. The summed E-state index contributed by atoms with van der Waals surface area (Å²) in [7, 11) is 0. The minimum absolute atomic E-state index is 0.0337. The molecule has 2 aromatic rings. The molecule has 1 heterocycles. The van der Waals surface area contributed by atoms with E-state index in [1.165, 1.54) is 6.07 Å². The molecule has 1 aliphatic heterocycles. The van der Waals surface area contributed by atoms with Crippen LogP contribution in [-0.4, -0.2) is 31.3 Å². The first-order valence-electron chi connectivity index (χ1n) is 9.90. The molecule has 0 bridgehead atoms. The summed E-state index contributed by atoms with van der Waals surface area (Å²) in [6, 6.07) is 9.48. The van der Waals surface area contributed by atoms with Crippen molar-refractivity contribution < 1.29 is 18.4 Å². The first kappa shape index (κ1) is 21.0. The molecule has 1 aliphatic rings. The van der Waals surface area contributed by atoms with Crippen LogP contribution in [0.3, 0.4) is 0 Å². The molecule has 0 spiro atoms. The van der Waals surface area contributed by atoms with Gasteiger partial charge in [0, 0.05) is 49.8 Å². The fraction of sp³-hybridized carbons (Fsp3) is 0.391. The highest BCUT2D eigenvalue weighted by molar-refractivity contribution is 5.98. The predicted octanol–water partition coefficient (Wildman–Crippen LogP) is 4.19. The Morgan fingerprint density at radius 3 is 2.55 bits per heavy atom. The Morgan fingerprint density at radius 2 is 1.83 bits per heavy atom. The largest absolute Gasteiger partial charge is 0.371 e. The number of ketones is 1. The van der Waals surface area contributed by atoms with Crippen LogP contribution in [0, 0.1) is 31.4 Å². The van der Waals surface area contributed by atoms with E-state index in [4.69, 9.17) is 0 Å². The average molecular weight is 400 g/mol. The quantitative estimate of drug-likeness (QED) is 0.709.